The van der Waals surface area contributed by atoms with Gasteiger partial charge in [0.05, 0.1) is 43.3 Å². The molecular formula is C48H28N6S. The van der Waals surface area contributed by atoms with Gasteiger partial charge in [0.25, 0.3) is 0 Å². The zero-order valence-corrected chi connectivity index (χ0v) is 30.1. The molecule has 0 aliphatic rings. The molecule has 7 heteroatoms. The van der Waals surface area contributed by atoms with Crippen molar-refractivity contribution >= 4 is 103 Å². The van der Waals surface area contributed by atoms with Crippen LogP contribution in [0.25, 0.3) is 109 Å². The first-order valence-corrected chi connectivity index (χ1v) is 19.3. The Hall–Kier alpha value is -7.22. The van der Waals surface area contributed by atoms with Gasteiger partial charge >= 0.3 is 0 Å². The normalized spacial score (nSPS) is 12.4. The second kappa shape index (κ2) is 10.7. The molecule has 256 valence electrons. The standard InChI is InChI=1S/C48H28N6S/c1-2-12-29(13-3-1)52-39-19-9-6-16-33(39)34-23-24-42-44(45(34)52)50-48-53(42)40-20-10-11-21-41(40)54(48)47-46-35(26-27-49-47)36-28-30(22-25-43(36)55-46)51-37-17-7-4-14-31(37)32-15-5-8-18-38(32)51/h1-28H. The molecule has 55 heavy (non-hydrogen) atoms. The monoisotopic (exact) mass is 720 g/mol. The lowest BCUT2D eigenvalue weighted by Crippen LogP contribution is -1.98. The Morgan fingerprint density at radius 1 is 0.418 bits per heavy atom. The van der Waals surface area contributed by atoms with Crippen LogP contribution in [0.3, 0.4) is 0 Å². The average molecular weight is 721 g/mol. The van der Waals surface area contributed by atoms with E-state index in [4.69, 9.17) is 9.97 Å². The Morgan fingerprint density at radius 3 is 1.80 bits per heavy atom. The highest BCUT2D eigenvalue weighted by molar-refractivity contribution is 7.26. The summed E-state index contributed by atoms with van der Waals surface area (Å²) < 4.78 is 11.7. The van der Waals surface area contributed by atoms with Gasteiger partial charge in [-0.05, 0) is 78.9 Å². The number of benzene rings is 7. The van der Waals surface area contributed by atoms with Gasteiger partial charge in [0.2, 0.25) is 5.78 Å². The lowest BCUT2D eigenvalue weighted by atomic mass is 10.1. The number of rotatable bonds is 3. The summed E-state index contributed by atoms with van der Waals surface area (Å²) in [6.45, 7) is 0. The van der Waals surface area contributed by atoms with Crippen molar-refractivity contribution < 1.29 is 0 Å². The van der Waals surface area contributed by atoms with E-state index in [2.05, 4.69) is 182 Å². The molecular weight excluding hydrogens is 693 g/mol. The molecule has 0 spiro atoms. The molecule has 0 aliphatic carbocycles. The van der Waals surface area contributed by atoms with Crippen molar-refractivity contribution in [1.82, 2.24) is 28.1 Å². The van der Waals surface area contributed by atoms with Crippen LogP contribution in [0, 0.1) is 0 Å². The molecule has 13 aromatic rings. The number of hydrogen-bond donors (Lipinski definition) is 0. The Kier molecular flexibility index (Phi) is 5.69. The lowest BCUT2D eigenvalue weighted by Gasteiger charge is -2.08. The molecule has 0 saturated carbocycles. The SMILES string of the molecule is c1ccc(-n2c3ccccc3c3ccc4c(nc5n(-c6nccc7c6sc6ccc(-n8c9ccccc9c9ccccc98)cc67)c6ccccc6n45)c32)cc1. The van der Waals surface area contributed by atoms with Crippen molar-refractivity contribution in [3.63, 3.8) is 0 Å². The predicted octanol–water partition coefficient (Wildman–Crippen LogP) is 12.4. The van der Waals surface area contributed by atoms with Crippen LogP contribution in [-0.2, 0) is 0 Å². The van der Waals surface area contributed by atoms with Crippen LogP contribution < -0.4 is 0 Å². The van der Waals surface area contributed by atoms with E-state index in [1.165, 1.54) is 53.6 Å². The van der Waals surface area contributed by atoms with Gasteiger partial charge in [0.1, 0.15) is 5.52 Å². The number of hydrogen-bond acceptors (Lipinski definition) is 3. The van der Waals surface area contributed by atoms with Crippen LogP contribution in [0.5, 0.6) is 0 Å². The molecule has 0 bridgehead atoms. The van der Waals surface area contributed by atoms with Crippen LogP contribution in [0.1, 0.15) is 0 Å². The molecule has 0 atom stereocenters. The summed E-state index contributed by atoms with van der Waals surface area (Å²) in [5, 5.41) is 7.33. The van der Waals surface area contributed by atoms with Crippen LogP contribution in [0.15, 0.2) is 170 Å². The fourth-order valence-corrected chi connectivity index (χ4v) is 10.3. The third kappa shape index (κ3) is 3.82. The van der Waals surface area contributed by atoms with Crippen LogP contribution >= 0.6 is 11.3 Å². The molecule has 7 aromatic carbocycles. The van der Waals surface area contributed by atoms with E-state index < -0.39 is 0 Å². The molecule has 0 N–H and O–H groups in total. The zero-order valence-electron chi connectivity index (χ0n) is 29.3. The number of aromatic nitrogens is 6. The predicted molar refractivity (Wildman–Crippen MR) is 229 cm³/mol. The average Bonchev–Trinajstić information content (AvgIpc) is 4.04. The minimum atomic E-state index is 0.844. The Labute approximate surface area is 317 Å². The molecule has 0 fully saturated rings. The summed E-state index contributed by atoms with van der Waals surface area (Å²) in [6.07, 6.45) is 1.95. The molecule has 0 unspecified atom stereocenters. The fourth-order valence-electron chi connectivity index (χ4n) is 9.15. The van der Waals surface area contributed by atoms with Gasteiger partial charge in [-0.15, -0.1) is 11.3 Å². The zero-order chi connectivity index (χ0) is 35.8. The largest absolute Gasteiger partial charge is 0.309 e. The maximum Gasteiger partial charge on any atom is 0.222 e. The molecule has 0 amide bonds. The van der Waals surface area contributed by atoms with Crippen LogP contribution in [0.2, 0.25) is 0 Å². The van der Waals surface area contributed by atoms with Gasteiger partial charge < -0.3 is 9.13 Å². The van der Waals surface area contributed by atoms with Crippen LogP contribution in [0.4, 0.5) is 0 Å². The summed E-state index contributed by atoms with van der Waals surface area (Å²) in [5.41, 5.74) is 11.1. The highest BCUT2D eigenvalue weighted by Gasteiger charge is 2.24. The molecule has 6 aromatic heterocycles. The van der Waals surface area contributed by atoms with Gasteiger partial charge in [0.15, 0.2) is 5.82 Å². The molecule has 0 saturated heterocycles. The third-order valence-corrected chi connectivity index (χ3v) is 12.6. The molecule has 0 aliphatic heterocycles. The van der Waals surface area contributed by atoms with E-state index >= 15 is 0 Å². The van der Waals surface area contributed by atoms with Crippen LogP contribution in [-0.4, -0.2) is 28.1 Å². The summed E-state index contributed by atoms with van der Waals surface area (Å²) in [5.74, 6) is 1.73. The highest BCUT2D eigenvalue weighted by Crippen LogP contribution is 2.42. The van der Waals surface area contributed by atoms with E-state index in [-0.39, 0.29) is 0 Å². The summed E-state index contributed by atoms with van der Waals surface area (Å²) in [6, 6.07) is 58.8. The van der Waals surface area contributed by atoms with Gasteiger partial charge in [0, 0.05) is 54.6 Å². The summed E-state index contributed by atoms with van der Waals surface area (Å²) in [4.78, 5) is 10.7. The van der Waals surface area contributed by atoms with E-state index in [0.29, 0.717) is 0 Å². The number of fused-ring (bicyclic) bond motifs is 15. The second-order valence-corrected chi connectivity index (χ2v) is 15.3. The van der Waals surface area contributed by atoms with E-state index in [1.54, 1.807) is 11.3 Å². The van der Waals surface area contributed by atoms with Crippen molar-refractivity contribution in [3.05, 3.63) is 170 Å². The topological polar surface area (TPSA) is 45.0 Å². The van der Waals surface area contributed by atoms with Crippen molar-refractivity contribution in [2.45, 2.75) is 0 Å². The first-order chi connectivity index (χ1) is 27.3. The van der Waals surface area contributed by atoms with E-state index in [9.17, 15) is 0 Å². The first kappa shape index (κ1) is 29.3. The van der Waals surface area contributed by atoms with Crippen molar-refractivity contribution in [3.8, 4) is 17.2 Å². The number of para-hydroxylation sites is 6. The number of thiophene rings is 1. The van der Waals surface area contributed by atoms with E-state index in [0.717, 1.165) is 55.3 Å². The molecule has 0 radical (unpaired) electrons. The minimum Gasteiger partial charge on any atom is -0.309 e. The maximum absolute atomic E-state index is 5.57. The summed E-state index contributed by atoms with van der Waals surface area (Å²) in [7, 11) is 0. The Bertz CT molecular complexity index is 3670. The third-order valence-electron chi connectivity index (χ3n) is 11.4. The molecule has 13 rings (SSSR count). The van der Waals surface area contributed by atoms with Crippen molar-refractivity contribution in [2.24, 2.45) is 0 Å². The van der Waals surface area contributed by atoms with Gasteiger partial charge in [-0.3, -0.25) is 8.97 Å². The fraction of sp³-hybridized carbons (Fsp3) is 0. The lowest BCUT2D eigenvalue weighted by molar-refractivity contribution is 1.06. The maximum atomic E-state index is 5.57. The number of pyridine rings is 1. The first-order valence-electron chi connectivity index (χ1n) is 18.5. The highest BCUT2D eigenvalue weighted by atomic mass is 32.1. The van der Waals surface area contributed by atoms with Gasteiger partial charge in [-0.1, -0.05) is 84.9 Å². The van der Waals surface area contributed by atoms with Gasteiger partial charge in [-0.2, -0.15) is 0 Å². The molecule has 6 heterocycles. The van der Waals surface area contributed by atoms with Gasteiger partial charge in [-0.25, -0.2) is 9.97 Å². The quantitative estimate of drug-likeness (QED) is 0.182. The number of imidazole rings is 2. The van der Waals surface area contributed by atoms with E-state index in [1.807, 2.05) is 6.20 Å². The minimum absolute atomic E-state index is 0.844. The van der Waals surface area contributed by atoms with Crippen molar-refractivity contribution in [2.75, 3.05) is 0 Å². The molecule has 6 nitrogen and oxygen atoms in total. The van der Waals surface area contributed by atoms with Crippen molar-refractivity contribution in [1.29, 1.82) is 0 Å². The smallest absolute Gasteiger partial charge is 0.222 e. The number of nitrogens with zero attached hydrogens (tertiary/aromatic N) is 6. The Morgan fingerprint density at radius 2 is 1.05 bits per heavy atom. The second-order valence-electron chi connectivity index (χ2n) is 14.3. The Balaban J connectivity index is 1.10. The summed E-state index contributed by atoms with van der Waals surface area (Å²) >= 11 is 1.80.